The van der Waals surface area contributed by atoms with Crippen LogP contribution in [0.3, 0.4) is 0 Å². The van der Waals surface area contributed by atoms with Gasteiger partial charge in [0.1, 0.15) is 12.3 Å². The second-order valence-corrected chi connectivity index (χ2v) is 7.52. The first-order valence-corrected chi connectivity index (χ1v) is 10.3. The molecule has 5 nitrogen and oxygen atoms in total. The van der Waals surface area contributed by atoms with Crippen LogP contribution in [0, 0.1) is 0 Å². The maximum absolute atomic E-state index is 13.1. The molecule has 1 saturated carbocycles. The third kappa shape index (κ3) is 5.98. The zero-order chi connectivity index (χ0) is 19.8. The number of furan rings is 1. The molecule has 1 aromatic carbocycles. The van der Waals surface area contributed by atoms with Crippen molar-refractivity contribution in [3.8, 4) is 0 Å². The lowest BCUT2D eigenvalue weighted by Crippen LogP contribution is -2.43. The smallest absolute Gasteiger partial charge is 0.242 e. The summed E-state index contributed by atoms with van der Waals surface area (Å²) in [5, 5.41) is 0. The molecule has 0 atom stereocenters. The summed E-state index contributed by atoms with van der Waals surface area (Å²) in [6.07, 6.45) is 7.20. The second-order valence-electron chi connectivity index (χ2n) is 7.52. The number of nitrogens with zero attached hydrogens (tertiary/aromatic N) is 2. The molecule has 0 radical (unpaired) electrons. The van der Waals surface area contributed by atoms with Crippen molar-refractivity contribution in [2.24, 2.45) is 0 Å². The second kappa shape index (κ2) is 10.1. The Bertz CT molecular complexity index is 738. The molecule has 150 valence electrons. The molecule has 1 aliphatic carbocycles. The Hall–Kier alpha value is -2.56. The van der Waals surface area contributed by atoms with Gasteiger partial charge in [0.15, 0.2) is 0 Å². The minimum absolute atomic E-state index is 0.0315. The first kappa shape index (κ1) is 20.2. The largest absolute Gasteiger partial charge is 0.467 e. The molecule has 0 spiro atoms. The van der Waals surface area contributed by atoms with Gasteiger partial charge in [-0.3, -0.25) is 9.59 Å². The predicted molar refractivity (Wildman–Crippen MR) is 108 cm³/mol. The van der Waals surface area contributed by atoms with Crippen LogP contribution in [0.4, 0.5) is 0 Å². The molecular formula is C23H30N2O3. The van der Waals surface area contributed by atoms with Crippen LogP contribution in [0.1, 0.15) is 56.8 Å². The Kier molecular flexibility index (Phi) is 7.29. The molecule has 5 heteroatoms. The SMILES string of the molecule is CCCCCC(=O)N(CC(=O)N(Cc1ccccc1)Cc1ccco1)C1CC1. The van der Waals surface area contributed by atoms with Crippen LogP contribution in [0.25, 0.3) is 0 Å². The van der Waals surface area contributed by atoms with Gasteiger partial charge in [-0.2, -0.15) is 0 Å². The maximum atomic E-state index is 13.1. The van der Waals surface area contributed by atoms with Gasteiger partial charge in [-0.05, 0) is 37.0 Å². The molecule has 0 unspecified atom stereocenters. The van der Waals surface area contributed by atoms with E-state index in [0.717, 1.165) is 43.4 Å². The van der Waals surface area contributed by atoms with Crippen LogP contribution in [0.2, 0.25) is 0 Å². The standard InChI is InChI=1S/C23H30N2O3/c1-2-3-5-12-22(26)25(20-13-14-20)18-23(27)24(17-21-11-8-15-28-21)16-19-9-6-4-7-10-19/h4,6-11,15,20H,2-3,5,12-14,16-18H2,1H3. The van der Waals surface area contributed by atoms with Gasteiger partial charge in [0, 0.05) is 19.0 Å². The monoisotopic (exact) mass is 382 g/mol. The minimum Gasteiger partial charge on any atom is -0.467 e. The van der Waals surface area contributed by atoms with Crippen LogP contribution < -0.4 is 0 Å². The van der Waals surface area contributed by atoms with Crippen LogP contribution in [-0.4, -0.2) is 34.2 Å². The Morgan fingerprint density at radius 2 is 1.79 bits per heavy atom. The van der Waals surface area contributed by atoms with Crippen molar-refractivity contribution in [3.63, 3.8) is 0 Å². The molecule has 3 rings (SSSR count). The molecule has 2 amide bonds. The van der Waals surface area contributed by atoms with Crippen LogP contribution >= 0.6 is 0 Å². The normalized spacial score (nSPS) is 13.3. The third-order valence-electron chi connectivity index (χ3n) is 5.10. The topological polar surface area (TPSA) is 53.8 Å². The van der Waals surface area contributed by atoms with Gasteiger partial charge >= 0.3 is 0 Å². The van der Waals surface area contributed by atoms with Gasteiger partial charge in [0.25, 0.3) is 0 Å². The van der Waals surface area contributed by atoms with Gasteiger partial charge in [-0.15, -0.1) is 0 Å². The van der Waals surface area contributed by atoms with Gasteiger partial charge in [0.05, 0.1) is 12.8 Å². The van der Waals surface area contributed by atoms with Gasteiger partial charge in [-0.1, -0.05) is 50.1 Å². The third-order valence-corrected chi connectivity index (χ3v) is 5.10. The zero-order valence-electron chi connectivity index (χ0n) is 16.7. The number of hydrogen-bond donors (Lipinski definition) is 0. The van der Waals surface area contributed by atoms with Crippen molar-refractivity contribution in [1.29, 1.82) is 0 Å². The zero-order valence-corrected chi connectivity index (χ0v) is 16.7. The van der Waals surface area contributed by atoms with Crippen molar-refractivity contribution in [1.82, 2.24) is 9.80 Å². The highest BCUT2D eigenvalue weighted by Gasteiger charge is 2.34. The summed E-state index contributed by atoms with van der Waals surface area (Å²) in [5.41, 5.74) is 1.06. The highest BCUT2D eigenvalue weighted by atomic mass is 16.3. The molecule has 1 fully saturated rings. The van der Waals surface area contributed by atoms with E-state index in [1.165, 1.54) is 0 Å². The molecule has 1 aromatic heterocycles. The van der Waals surface area contributed by atoms with Crippen LogP contribution in [0.5, 0.6) is 0 Å². The van der Waals surface area contributed by atoms with E-state index in [-0.39, 0.29) is 24.4 Å². The van der Waals surface area contributed by atoms with E-state index in [1.807, 2.05) is 42.5 Å². The number of benzene rings is 1. The molecule has 0 bridgehead atoms. The van der Waals surface area contributed by atoms with Gasteiger partial charge < -0.3 is 14.2 Å². The molecule has 2 aromatic rings. The Balaban J connectivity index is 1.67. The van der Waals surface area contributed by atoms with E-state index in [0.29, 0.717) is 19.5 Å². The van der Waals surface area contributed by atoms with Crippen molar-refractivity contribution in [2.75, 3.05) is 6.54 Å². The summed E-state index contributed by atoms with van der Waals surface area (Å²) in [6, 6.07) is 13.9. The fraction of sp³-hybridized carbons (Fsp3) is 0.478. The number of hydrogen-bond acceptors (Lipinski definition) is 3. The highest BCUT2D eigenvalue weighted by molar-refractivity contribution is 5.85. The average Bonchev–Trinajstić information content (AvgIpc) is 3.42. The van der Waals surface area contributed by atoms with E-state index in [4.69, 9.17) is 4.42 Å². The lowest BCUT2D eigenvalue weighted by Gasteiger charge is -2.27. The maximum Gasteiger partial charge on any atom is 0.242 e. The molecule has 0 saturated heterocycles. The molecule has 0 N–H and O–H groups in total. The first-order chi connectivity index (χ1) is 13.7. The van der Waals surface area contributed by atoms with Crippen LogP contribution in [-0.2, 0) is 22.7 Å². The van der Waals surface area contributed by atoms with Gasteiger partial charge in [-0.25, -0.2) is 0 Å². The molecule has 1 aliphatic rings. The molecule has 0 aliphatic heterocycles. The minimum atomic E-state index is -0.0315. The van der Waals surface area contributed by atoms with Crippen molar-refractivity contribution in [2.45, 2.75) is 64.6 Å². The lowest BCUT2D eigenvalue weighted by molar-refractivity contribution is -0.142. The van der Waals surface area contributed by atoms with Crippen molar-refractivity contribution >= 4 is 11.8 Å². The van der Waals surface area contributed by atoms with E-state index >= 15 is 0 Å². The fourth-order valence-corrected chi connectivity index (χ4v) is 3.35. The quantitative estimate of drug-likeness (QED) is 0.542. The Morgan fingerprint density at radius 3 is 2.43 bits per heavy atom. The van der Waals surface area contributed by atoms with E-state index in [2.05, 4.69) is 6.92 Å². The predicted octanol–water partition coefficient (Wildman–Crippen LogP) is 4.38. The van der Waals surface area contributed by atoms with Crippen molar-refractivity contribution in [3.05, 3.63) is 60.1 Å². The molecular weight excluding hydrogens is 352 g/mol. The fourth-order valence-electron chi connectivity index (χ4n) is 3.35. The number of unbranched alkanes of at least 4 members (excludes halogenated alkanes) is 2. The van der Waals surface area contributed by atoms with Crippen molar-refractivity contribution < 1.29 is 14.0 Å². The summed E-state index contributed by atoms with van der Waals surface area (Å²) in [7, 11) is 0. The number of rotatable bonds is 11. The average molecular weight is 383 g/mol. The first-order valence-electron chi connectivity index (χ1n) is 10.3. The van der Waals surface area contributed by atoms with E-state index in [9.17, 15) is 9.59 Å². The number of carbonyl (C=O) groups excluding carboxylic acids is 2. The Morgan fingerprint density at radius 1 is 1.00 bits per heavy atom. The summed E-state index contributed by atoms with van der Waals surface area (Å²) in [6.45, 7) is 3.19. The van der Waals surface area contributed by atoms with Crippen LogP contribution in [0.15, 0.2) is 53.1 Å². The lowest BCUT2D eigenvalue weighted by atomic mass is 10.2. The molecule has 1 heterocycles. The van der Waals surface area contributed by atoms with E-state index in [1.54, 1.807) is 16.1 Å². The Labute approximate surface area is 167 Å². The summed E-state index contributed by atoms with van der Waals surface area (Å²) in [4.78, 5) is 29.4. The number of carbonyl (C=O) groups is 2. The highest BCUT2D eigenvalue weighted by Crippen LogP contribution is 2.28. The summed E-state index contributed by atoms with van der Waals surface area (Å²) >= 11 is 0. The van der Waals surface area contributed by atoms with E-state index < -0.39 is 0 Å². The van der Waals surface area contributed by atoms with Gasteiger partial charge in [0.2, 0.25) is 11.8 Å². The summed E-state index contributed by atoms with van der Waals surface area (Å²) < 4.78 is 5.46. The molecule has 28 heavy (non-hydrogen) atoms. The summed E-state index contributed by atoms with van der Waals surface area (Å²) in [5.74, 6) is 0.828. The number of amides is 2.